The number of hydrogen-bond donors (Lipinski definition) is 1. The van der Waals surface area contributed by atoms with Crippen LogP contribution >= 0.6 is 0 Å². The smallest absolute Gasteiger partial charge is 0.225 e. The van der Waals surface area contributed by atoms with Gasteiger partial charge in [-0.25, -0.2) is 0 Å². The van der Waals surface area contributed by atoms with Crippen LogP contribution in [0.15, 0.2) is 72.8 Å². The Balaban J connectivity index is 1.83. The average molecular weight is 375 g/mol. The number of benzene rings is 3. The second kappa shape index (κ2) is 9.09. The third-order valence-electron chi connectivity index (χ3n) is 4.69. The predicted molar refractivity (Wildman–Crippen MR) is 111 cm³/mol. The van der Waals surface area contributed by atoms with E-state index in [0.717, 1.165) is 16.7 Å². The molecule has 1 atom stereocenters. The van der Waals surface area contributed by atoms with E-state index in [1.54, 1.807) is 20.3 Å². The standard InChI is InChI=1S/C24H25NO3/c1-17-9-11-19(12-10-17)24(18-7-5-4-6-8-18)25-23(26)15-20-13-14-21(27-2)16-22(20)28-3/h4-14,16,24H,15H2,1-3H3,(H,25,26)/t24-/m0/s1. The number of methoxy groups -OCH3 is 2. The molecule has 28 heavy (non-hydrogen) atoms. The van der Waals surface area contributed by atoms with Gasteiger partial charge in [-0.15, -0.1) is 0 Å². The number of ether oxygens (including phenoxy) is 2. The minimum atomic E-state index is -0.210. The first kappa shape index (κ1) is 19.5. The number of carbonyl (C=O) groups is 1. The zero-order valence-corrected chi connectivity index (χ0v) is 16.4. The van der Waals surface area contributed by atoms with Gasteiger partial charge in [-0.05, 0) is 24.1 Å². The Bertz CT molecular complexity index is 920. The SMILES string of the molecule is COc1ccc(CC(=O)N[C@@H](c2ccccc2)c2ccc(C)cc2)c(OC)c1. The summed E-state index contributed by atoms with van der Waals surface area (Å²) >= 11 is 0. The van der Waals surface area contributed by atoms with Crippen molar-refractivity contribution in [3.8, 4) is 11.5 Å². The van der Waals surface area contributed by atoms with Crippen molar-refractivity contribution in [1.29, 1.82) is 0 Å². The lowest BCUT2D eigenvalue weighted by Crippen LogP contribution is -2.30. The van der Waals surface area contributed by atoms with Gasteiger partial charge in [0.2, 0.25) is 5.91 Å². The quantitative estimate of drug-likeness (QED) is 0.663. The molecular weight excluding hydrogens is 350 g/mol. The van der Waals surface area contributed by atoms with Crippen LogP contribution in [0.25, 0.3) is 0 Å². The maximum Gasteiger partial charge on any atom is 0.225 e. The Kier molecular flexibility index (Phi) is 6.33. The van der Waals surface area contributed by atoms with E-state index in [0.29, 0.717) is 11.5 Å². The van der Waals surface area contributed by atoms with Crippen LogP contribution in [0.4, 0.5) is 0 Å². The molecule has 0 fully saturated rings. The van der Waals surface area contributed by atoms with Crippen molar-refractivity contribution >= 4 is 5.91 Å². The van der Waals surface area contributed by atoms with E-state index in [-0.39, 0.29) is 18.4 Å². The van der Waals surface area contributed by atoms with Gasteiger partial charge in [0.05, 0.1) is 26.7 Å². The second-order valence-corrected chi connectivity index (χ2v) is 6.68. The van der Waals surface area contributed by atoms with Gasteiger partial charge in [0.15, 0.2) is 0 Å². The van der Waals surface area contributed by atoms with Gasteiger partial charge in [0.1, 0.15) is 11.5 Å². The molecule has 144 valence electrons. The van der Waals surface area contributed by atoms with Gasteiger partial charge in [0.25, 0.3) is 0 Å². The Hall–Kier alpha value is -3.27. The lowest BCUT2D eigenvalue weighted by Gasteiger charge is -2.20. The van der Waals surface area contributed by atoms with Crippen LogP contribution in [0.5, 0.6) is 11.5 Å². The summed E-state index contributed by atoms with van der Waals surface area (Å²) in [6.45, 7) is 2.05. The fourth-order valence-electron chi connectivity index (χ4n) is 3.15. The van der Waals surface area contributed by atoms with E-state index in [1.165, 1.54) is 5.56 Å². The predicted octanol–water partition coefficient (Wildman–Crippen LogP) is 4.46. The third kappa shape index (κ3) is 4.71. The molecule has 1 N–H and O–H groups in total. The number of amides is 1. The molecule has 3 rings (SSSR count). The molecular formula is C24H25NO3. The largest absolute Gasteiger partial charge is 0.497 e. The van der Waals surface area contributed by atoms with E-state index >= 15 is 0 Å². The maximum absolute atomic E-state index is 12.9. The molecule has 0 aliphatic carbocycles. The van der Waals surface area contributed by atoms with Gasteiger partial charge in [-0.2, -0.15) is 0 Å². The molecule has 0 saturated carbocycles. The molecule has 3 aromatic rings. The molecule has 0 aromatic heterocycles. The normalized spacial score (nSPS) is 11.5. The van der Waals surface area contributed by atoms with Crippen molar-refractivity contribution in [2.45, 2.75) is 19.4 Å². The molecule has 4 heteroatoms. The Labute approximate surface area is 166 Å². The van der Waals surface area contributed by atoms with E-state index in [2.05, 4.69) is 36.5 Å². The highest BCUT2D eigenvalue weighted by atomic mass is 16.5. The van der Waals surface area contributed by atoms with Crippen molar-refractivity contribution in [3.63, 3.8) is 0 Å². The Morgan fingerprint density at radius 2 is 1.57 bits per heavy atom. The summed E-state index contributed by atoms with van der Waals surface area (Å²) < 4.78 is 10.6. The van der Waals surface area contributed by atoms with E-state index in [4.69, 9.17) is 9.47 Å². The molecule has 0 aliphatic rings. The summed E-state index contributed by atoms with van der Waals surface area (Å²) in [7, 11) is 3.20. The third-order valence-corrected chi connectivity index (χ3v) is 4.69. The minimum absolute atomic E-state index is 0.0714. The molecule has 0 spiro atoms. The van der Waals surface area contributed by atoms with Crippen molar-refractivity contribution in [1.82, 2.24) is 5.32 Å². The Morgan fingerprint density at radius 1 is 0.893 bits per heavy atom. The summed E-state index contributed by atoms with van der Waals surface area (Å²) in [5.41, 5.74) is 4.09. The Morgan fingerprint density at radius 3 is 2.21 bits per heavy atom. The number of aryl methyl sites for hydroxylation is 1. The first-order valence-corrected chi connectivity index (χ1v) is 9.22. The maximum atomic E-state index is 12.9. The van der Waals surface area contributed by atoms with E-state index in [1.807, 2.05) is 42.5 Å². The fraction of sp³-hybridized carbons (Fsp3) is 0.208. The molecule has 0 unspecified atom stereocenters. The summed E-state index contributed by atoms with van der Waals surface area (Å²) in [4.78, 5) is 12.9. The van der Waals surface area contributed by atoms with Crippen LogP contribution in [0, 0.1) is 6.92 Å². The average Bonchev–Trinajstić information content (AvgIpc) is 2.73. The number of nitrogens with one attached hydrogen (secondary N) is 1. The lowest BCUT2D eigenvalue weighted by atomic mass is 9.97. The summed E-state index contributed by atoms with van der Waals surface area (Å²) in [6.07, 6.45) is 0.225. The van der Waals surface area contributed by atoms with Crippen molar-refractivity contribution < 1.29 is 14.3 Å². The number of carbonyl (C=O) groups excluding carboxylic acids is 1. The number of hydrogen-bond acceptors (Lipinski definition) is 3. The topological polar surface area (TPSA) is 47.6 Å². The zero-order chi connectivity index (χ0) is 19.9. The van der Waals surface area contributed by atoms with Crippen molar-refractivity contribution in [2.24, 2.45) is 0 Å². The zero-order valence-electron chi connectivity index (χ0n) is 16.4. The van der Waals surface area contributed by atoms with Gasteiger partial charge < -0.3 is 14.8 Å². The summed E-state index contributed by atoms with van der Waals surface area (Å²) in [5.74, 6) is 1.27. The van der Waals surface area contributed by atoms with Crippen molar-refractivity contribution in [2.75, 3.05) is 14.2 Å². The highest BCUT2D eigenvalue weighted by Crippen LogP contribution is 2.26. The van der Waals surface area contributed by atoms with Crippen LogP contribution in [0.1, 0.15) is 28.3 Å². The molecule has 3 aromatic carbocycles. The van der Waals surface area contributed by atoms with Crippen LogP contribution in [0.3, 0.4) is 0 Å². The summed E-state index contributed by atoms with van der Waals surface area (Å²) in [6, 6.07) is 23.5. The van der Waals surface area contributed by atoms with Crippen molar-refractivity contribution in [3.05, 3.63) is 95.1 Å². The monoisotopic (exact) mass is 375 g/mol. The molecule has 0 aliphatic heterocycles. The first-order chi connectivity index (χ1) is 13.6. The van der Waals surface area contributed by atoms with Crippen LogP contribution < -0.4 is 14.8 Å². The minimum Gasteiger partial charge on any atom is -0.497 e. The van der Waals surface area contributed by atoms with Gasteiger partial charge in [-0.1, -0.05) is 66.2 Å². The fourth-order valence-corrected chi connectivity index (χ4v) is 3.15. The van der Waals surface area contributed by atoms with Crippen LogP contribution in [0.2, 0.25) is 0 Å². The van der Waals surface area contributed by atoms with Gasteiger partial charge >= 0.3 is 0 Å². The lowest BCUT2D eigenvalue weighted by molar-refractivity contribution is -0.121. The van der Waals surface area contributed by atoms with Gasteiger partial charge in [0, 0.05) is 11.6 Å². The van der Waals surface area contributed by atoms with Crippen LogP contribution in [-0.2, 0) is 11.2 Å². The van der Waals surface area contributed by atoms with Crippen LogP contribution in [-0.4, -0.2) is 20.1 Å². The molecule has 1 amide bonds. The van der Waals surface area contributed by atoms with Gasteiger partial charge in [-0.3, -0.25) is 4.79 Å². The molecule has 0 bridgehead atoms. The molecule has 0 heterocycles. The summed E-state index contributed by atoms with van der Waals surface area (Å²) in [5, 5.41) is 3.17. The van der Waals surface area contributed by atoms with E-state index < -0.39 is 0 Å². The highest BCUT2D eigenvalue weighted by Gasteiger charge is 2.18. The second-order valence-electron chi connectivity index (χ2n) is 6.68. The molecule has 4 nitrogen and oxygen atoms in total. The molecule has 0 radical (unpaired) electrons. The first-order valence-electron chi connectivity index (χ1n) is 9.22. The molecule has 0 saturated heterocycles. The number of rotatable bonds is 7. The highest BCUT2D eigenvalue weighted by molar-refractivity contribution is 5.80. The van der Waals surface area contributed by atoms with E-state index in [9.17, 15) is 4.79 Å².